The number of para-hydroxylation sites is 1. The number of hydrogen-bond donors (Lipinski definition) is 2. The van der Waals surface area contributed by atoms with Crippen molar-refractivity contribution in [3.8, 4) is 0 Å². The topological polar surface area (TPSA) is 33.3 Å². The molecule has 0 aliphatic heterocycles. The maximum absolute atomic E-state index is 5.18. The van der Waals surface area contributed by atoms with E-state index in [0.29, 0.717) is 11.7 Å². The highest BCUT2D eigenvalue weighted by Crippen LogP contribution is 2.03. The number of ether oxygens (including phenoxy) is 1. The molecular weight excluding hydrogens is 208 g/mol. The number of rotatable bonds is 5. The average molecular weight is 224 g/mol. The third-order valence-electron chi connectivity index (χ3n) is 1.77. The van der Waals surface area contributed by atoms with Crippen molar-refractivity contribution in [2.24, 2.45) is 0 Å². The fraction of sp³-hybridized carbons (Fsp3) is 0.364. The normalized spacial score (nSPS) is 9.67. The zero-order valence-electron chi connectivity index (χ0n) is 8.82. The summed E-state index contributed by atoms with van der Waals surface area (Å²) in [5.74, 6) is 0. The Morgan fingerprint density at radius 2 is 2.07 bits per heavy atom. The van der Waals surface area contributed by atoms with Crippen molar-refractivity contribution in [2.45, 2.75) is 6.92 Å². The van der Waals surface area contributed by atoms with Gasteiger partial charge in [-0.25, -0.2) is 0 Å². The van der Waals surface area contributed by atoms with E-state index in [1.54, 1.807) is 0 Å². The van der Waals surface area contributed by atoms with Crippen LogP contribution in [0.2, 0.25) is 0 Å². The van der Waals surface area contributed by atoms with E-state index < -0.39 is 0 Å². The molecule has 2 N–H and O–H groups in total. The second-order valence-electron chi connectivity index (χ2n) is 2.94. The van der Waals surface area contributed by atoms with Crippen molar-refractivity contribution in [3.05, 3.63) is 30.3 Å². The second-order valence-corrected chi connectivity index (χ2v) is 3.35. The van der Waals surface area contributed by atoms with Crippen LogP contribution in [0.3, 0.4) is 0 Å². The summed E-state index contributed by atoms with van der Waals surface area (Å²) in [6.07, 6.45) is 0. The molecule has 3 nitrogen and oxygen atoms in total. The molecule has 1 aromatic carbocycles. The van der Waals surface area contributed by atoms with E-state index in [9.17, 15) is 0 Å². The lowest BCUT2D eigenvalue weighted by Gasteiger charge is -2.09. The molecule has 0 atom stereocenters. The third-order valence-corrected chi connectivity index (χ3v) is 2.01. The predicted octanol–water partition coefficient (Wildman–Crippen LogP) is 2.01. The standard InChI is InChI=1S/C11H16N2OS/c1-2-14-9-8-12-11(15)13-10-6-4-3-5-7-10/h3-7H,2,8-9H2,1H3,(H2,12,13,15). The molecule has 0 spiro atoms. The lowest BCUT2D eigenvalue weighted by Crippen LogP contribution is -2.31. The zero-order valence-corrected chi connectivity index (χ0v) is 9.64. The van der Waals surface area contributed by atoms with Crippen LogP contribution in [0, 0.1) is 0 Å². The van der Waals surface area contributed by atoms with Crippen LogP contribution in [0.1, 0.15) is 6.92 Å². The summed E-state index contributed by atoms with van der Waals surface area (Å²) >= 11 is 5.11. The highest BCUT2D eigenvalue weighted by molar-refractivity contribution is 7.80. The molecule has 0 saturated heterocycles. The zero-order chi connectivity index (χ0) is 10.9. The maximum atomic E-state index is 5.18. The molecular formula is C11H16N2OS. The molecule has 0 amide bonds. The summed E-state index contributed by atoms with van der Waals surface area (Å²) in [6, 6.07) is 9.83. The van der Waals surface area contributed by atoms with Crippen LogP contribution in [-0.2, 0) is 4.74 Å². The van der Waals surface area contributed by atoms with Gasteiger partial charge in [0.05, 0.1) is 6.61 Å². The molecule has 0 bridgehead atoms. The Kier molecular flexibility index (Phi) is 5.73. The van der Waals surface area contributed by atoms with Gasteiger partial charge in [0.2, 0.25) is 0 Å². The van der Waals surface area contributed by atoms with E-state index in [1.165, 1.54) is 0 Å². The van der Waals surface area contributed by atoms with Crippen LogP contribution in [0.4, 0.5) is 5.69 Å². The minimum atomic E-state index is 0.626. The average Bonchev–Trinajstić information content (AvgIpc) is 2.26. The van der Waals surface area contributed by atoms with E-state index in [1.807, 2.05) is 37.3 Å². The number of thiocarbonyl (C=S) groups is 1. The van der Waals surface area contributed by atoms with Crippen molar-refractivity contribution in [1.82, 2.24) is 5.32 Å². The van der Waals surface area contributed by atoms with Gasteiger partial charge in [0.1, 0.15) is 0 Å². The first-order chi connectivity index (χ1) is 7.33. The van der Waals surface area contributed by atoms with Crippen LogP contribution in [-0.4, -0.2) is 24.9 Å². The smallest absolute Gasteiger partial charge is 0.170 e. The van der Waals surface area contributed by atoms with Crippen molar-refractivity contribution in [3.63, 3.8) is 0 Å². The van der Waals surface area contributed by atoms with Gasteiger partial charge in [-0.3, -0.25) is 0 Å². The van der Waals surface area contributed by atoms with E-state index >= 15 is 0 Å². The summed E-state index contributed by atoms with van der Waals surface area (Å²) < 4.78 is 5.18. The first-order valence-corrected chi connectivity index (χ1v) is 5.41. The molecule has 82 valence electrons. The summed E-state index contributed by atoms with van der Waals surface area (Å²) in [5, 5.41) is 6.77. The third kappa shape index (κ3) is 5.34. The highest BCUT2D eigenvalue weighted by atomic mass is 32.1. The monoisotopic (exact) mass is 224 g/mol. The minimum Gasteiger partial charge on any atom is -0.380 e. The van der Waals surface area contributed by atoms with Gasteiger partial charge in [0.25, 0.3) is 0 Å². The number of benzene rings is 1. The summed E-state index contributed by atoms with van der Waals surface area (Å²) in [7, 11) is 0. The van der Waals surface area contributed by atoms with Crippen molar-refractivity contribution >= 4 is 23.0 Å². The summed E-state index contributed by atoms with van der Waals surface area (Å²) in [6.45, 7) is 4.11. The molecule has 0 unspecified atom stereocenters. The van der Waals surface area contributed by atoms with Crippen molar-refractivity contribution < 1.29 is 4.74 Å². The van der Waals surface area contributed by atoms with Crippen LogP contribution in [0.25, 0.3) is 0 Å². The lowest BCUT2D eigenvalue weighted by molar-refractivity contribution is 0.152. The summed E-state index contributed by atoms with van der Waals surface area (Å²) in [4.78, 5) is 0. The fourth-order valence-corrected chi connectivity index (χ4v) is 1.30. The van der Waals surface area contributed by atoms with E-state index in [2.05, 4.69) is 10.6 Å². The van der Waals surface area contributed by atoms with Crippen molar-refractivity contribution in [2.75, 3.05) is 25.1 Å². The Labute approximate surface area is 95.8 Å². The summed E-state index contributed by atoms with van der Waals surface area (Å²) in [5.41, 5.74) is 0.992. The van der Waals surface area contributed by atoms with E-state index in [0.717, 1.165) is 18.8 Å². The van der Waals surface area contributed by atoms with Gasteiger partial charge in [0.15, 0.2) is 5.11 Å². The highest BCUT2D eigenvalue weighted by Gasteiger charge is 1.95. The van der Waals surface area contributed by atoms with Gasteiger partial charge in [-0.05, 0) is 31.3 Å². The van der Waals surface area contributed by atoms with Crippen LogP contribution in [0.15, 0.2) is 30.3 Å². The quantitative estimate of drug-likeness (QED) is 0.592. The molecule has 1 rings (SSSR count). The predicted molar refractivity (Wildman–Crippen MR) is 67.2 cm³/mol. The van der Waals surface area contributed by atoms with Gasteiger partial charge in [-0.2, -0.15) is 0 Å². The maximum Gasteiger partial charge on any atom is 0.170 e. The Morgan fingerprint density at radius 1 is 1.33 bits per heavy atom. The van der Waals surface area contributed by atoms with Crippen LogP contribution in [0.5, 0.6) is 0 Å². The van der Waals surface area contributed by atoms with E-state index in [-0.39, 0.29) is 0 Å². The number of hydrogen-bond acceptors (Lipinski definition) is 2. The van der Waals surface area contributed by atoms with E-state index in [4.69, 9.17) is 17.0 Å². The molecule has 0 saturated carbocycles. The van der Waals surface area contributed by atoms with Gasteiger partial charge in [-0.15, -0.1) is 0 Å². The van der Waals surface area contributed by atoms with Gasteiger partial charge < -0.3 is 15.4 Å². The molecule has 0 aliphatic rings. The van der Waals surface area contributed by atoms with Crippen LogP contribution >= 0.6 is 12.2 Å². The Bertz CT molecular complexity index is 290. The first-order valence-electron chi connectivity index (χ1n) is 5.00. The Balaban J connectivity index is 2.19. The molecule has 0 aliphatic carbocycles. The van der Waals surface area contributed by atoms with Gasteiger partial charge in [-0.1, -0.05) is 18.2 Å². The first kappa shape index (κ1) is 11.9. The SMILES string of the molecule is CCOCCNC(=S)Nc1ccccc1. The molecule has 1 aromatic rings. The molecule has 0 heterocycles. The molecule has 4 heteroatoms. The minimum absolute atomic E-state index is 0.626. The largest absolute Gasteiger partial charge is 0.380 e. The van der Waals surface area contributed by atoms with Gasteiger partial charge in [0, 0.05) is 18.8 Å². The Hall–Kier alpha value is -1.13. The number of nitrogens with one attached hydrogen (secondary N) is 2. The van der Waals surface area contributed by atoms with Crippen molar-refractivity contribution in [1.29, 1.82) is 0 Å². The van der Waals surface area contributed by atoms with Gasteiger partial charge >= 0.3 is 0 Å². The Morgan fingerprint density at radius 3 is 2.73 bits per heavy atom. The molecule has 0 radical (unpaired) electrons. The van der Waals surface area contributed by atoms with Crippen LogP contribution < -0.4 is 10.6 Å². The molecule has 0 fully saturated rings. The fourth-order valence-electron chi connectivity index (χ4n) is 1.08. The second kappa shape index (κ2) is 7.20. The molecule has 15 heavy (non-hydrogen) atoms. The molecule has 0 aromatic heterocycles. The number of anilines is 1. The lowest BCUT2D eigenvalue weighted by atomic mass is 10.3.